The van der Waals surface area contributed by atoms with E-state index < -0.39 is 29.2 Å². The number of para-hydroxylation sites is 2. The number of anilines is 2. The van der Waals surface area contributed by atoms with E-state index >= 15 is 4.79 Å². The summed E-state index contributed by atoms with van der Waals surface area (Å²) in [6, 6.07) is 25.1. The van der Waals surface area contributed by atoms with Gasteiger partial charge < -0.3 is 19.7 Å². The van der Waals surface area contributed by atoms with Gasteiger partial charge in [-0.3, -0.25) is 14.4 Å². The standard InChI is InChI=1S/C35H27ClN2O5/c1-42-21-16-17-28(43-2)23(19-21)32(39)30-31(33(40)22-10-4-6-12-25(22)36)38-27-14-8-3-9-20(27)15-18-29(38)35(30)24-11-5-7-13-26(24)37-34(35)41/h3-19,29-31H,1-2H3,(H,37,41)/t29-,30-,31+,35-/m0/s1. The molecule has 3 aliphatic rings. The number of fused-ring (bicyclic) bond motifs is 6. The predicted octanol–water partition coefficient (Wildman–Crippen LogP) is 6.21. The summed E-state index contributed by atoms with van der Waals surface area (Å²) in [6.45, 7) is 0. The Bertz CT molecular complexity index is 1850. The zero-order valence-corrected chi connectivity index (χ0v) is 24.2. The molecule has 8 heteroatoms. The first-order chi connectivity index (χ1) is 20.9. The average Bonchev–Trinajstić information content (AvgIpc) is 3.52. The fourth-order valence-electron chi connectivity index (χ4n) is 7.11. The zero-order chi connectivity index (χ0) is 29.9. The van der Waals surface area contributed by atoms with E-state index in [0.717, 1.165) is 11.3 Å². The number of ether oxygens (including phenoxy) is 2. The first kappa shape index (κ1) is 27.0. The Hall–Kier alpha value is -4.88. The lowest BCUT2D eigenvalue weighted by Crippen LogP contribution is -2.51. The molecule has 0 unspecified atom stereocenters. The summed E-state index contributed by atoms with van der Waals surface area (Å²) < 4.78 is 11.1. The molecule has 0 aliphatic carbocycles. The topological polar surface area (TPSA) is 84.9 Å². The van der Waals surface area contributed by atoms with Crippen LogP contribution in [0.2, 0.25) is 5.02 Å². The normalized spacial score (nSPS) is 22.9. The Kier molecular flexibility index (Phi) is 6.36. The number of nitrogens with zero attached hydrogens (tertiary/aromatic N) is 1. The molecule has 4 aromatic carbocycles. The molecule has 3 aliphatic heterocycles. The van der Waals surface area contributed by atoms with Crippen LogP contribution in [0.4, 0.5) is 11.4 Å². The zero-order valence-electron chi connectivity index (χ0n) is 23.4. The lowest BCUT2D eigenvalue weighted by atomic mass is 9.64. The van der Waals surface area contributed by atoms with Crippen LogP contribution in [0.25, 0.3) is 6.08 Å². The van der Waals surface area contributed by atoms with E-state index in [1.54, 1.807) is 42.5 Å². The third-order valence-electron chi connectivity index (χ3n) is 8.90. The number of halogens is 1. The largest absolute Gasteiger partial charge is 0.497 e. The van der Waals surface area contributed by atoms with Crippen molar-refractivity contribution in [2.75, 3.05) is 24.4 Å². The first-order valence-electron chi connectivity index (χ1n) is 13.9. The molecular weight excluding hydrogens is 564 g/mol. The second-order valence-corrected chi connectivity index (χ2v) is 11.2. The summed E-state index contributed by atoms with van der Waals surface area (Å²) in [4.78, 5) is 46.4. The fourth-order valence-corrected chi connectivity index (χ4v) is 7.34. The number of Topliss-reactive ketones (excluding diaryl/α,β-unsaturated/α-hetero) is 2. The third-order valence-corrected chi connectivity index (χ3v) is 9.23. The molecule has 0 bridgehead atoms. The SMILES string of the molecule is COc1ccc(OC)c(C(=O)[C@@H]2[C@H](C(=O)c3ccccc3Cl)N3c4ccccc4C=C[C@H]3[C@]23C(=O)Nc2ccccc23)c1. The fraction of sp³-hybridized carbons (Fsp3) is 0.171. The summed E-state index contributed by atoms with van der Waals surface area (Å²) in [5.74, 6) is -1.51. The van der Waals surface area contributed by atoms with Crippen molar-refractivity contribution < 1.29 is 23.9 Å². The van der Waals surface area contributed by atoms with Crippen LogP contribution in [-0.4, -0.2) is 43.8 Å². The van der Waals surface area contributed by atoms with Crippen molar-refractivity contribution in [2.24, 2.45) is 5.92 Å². The molecule has 0 saturated carbocycles. The first-order valence-corrected chi connectivity index (χ1v) is 14.3. The van der Waals surface area contributed by atoms with Gasteiger partial charge in [0.2, 0.25) is 5.91 Å². The Morgan fingerprint density at radius 2 is 1.60 bits per heavy atom. The molecular formula is C35H27ClN2O5. The van der Waals surface area contributed by atoms with Gasteiger partial charge in [0, 0.05) is 16.9 Å². The van der Waals surface area contributed by atoms with Crippen LogP contribution in [-0.2, 0) is 10.2 Å². The predicted molar refractivity (Wildman–Crippen MR) is 165 cm³/mol. The summed E-state index contributed by atoms with van der Waals surface area (Å²) in [7, 11) is 2.99. The van der Waals surface area contributed by atoms with Gasteiger partial charge in [0.1, 0.15) is 23.0 Å². The minimum absolute atomic E-state index is 0.220. The van der Waals surface area contributed by atoms with Gasteiger partial charge in [-0.1, -0.05) is 72.3 Å². The van der Waals surface area contributed by atoms with E-state index in [9.17, 15) is 9.59 Å². The number of carbonyl (C=O) groups excluding carboxylic acids is 3. The maximum Gasteiger partial charge on any atom is 0.238 e. The number of methoxy groups -OCH3 is 2. The van der Waals surface area contributed by atoms with Crippen molar-refractivity contribution in [1.29, 1.82) is 0 Å². The van der Waals surface area contributed by atoms with Crippen LogP contribution in [0.5, 0.6) is 11.5 Å². The van der Waals surface area contributed by atoms with Gasteiger partial charge in [-0.05, 0) is 53.6 Å². The maximum atomic E-state index is 15.1. The average molecular weight is 591 g/mol. The maximum absolute atomic E-state index is 15.1. The monoisotopic (exact) mass is 590 g/mol. The van der Waals surface area contributed by atoms with E-state index in [1.807, 2.05) is 65.6 Å². The van der Waals surface area contributed by atoms with Crippen LogP contribution < -0.4 is 19.7 Å². The van der Waals surface area contributed by atoms with E-state index in [4.69, 9.17) is 21.1 Å². The molecule has 1 fully saturated rings. The molecule has 7 nitrogen and oxygen atoms in total. The lowest BCUT2D eigenvalue weighted by molar-refractivity contribution is -0.121. The number of carbonyl (C=O) groups is 3. The summed E-state index contributed by atoms with van der Waals surface area (Å²) in [5.41, 5.74) is 1.95. The van der Waals surface area contributed by atoms with Crippen molar-refractivity contribution in [2.45, 2.75) is 17.5 Å². The Labute approximate surface area is 253 Å². The highest BCUT2D eigenvalue weighted by Crippen LogP contribution is 2.58. The molecule has 4 aromatic rings. The highest BCUT2D eigenvalue weighted by Gasteiger charge is 2.70. The second-order valence-electron chi connectivity index (χ2n) is 10.8. The number of rotatable bonds is 6. The number of nitrogens with one attached hydrogen (secondary N) is 1. The summed E-state index contributed by atoms with van der Waals surface area (Å²) in [6.07, 6.45) is 3.90. The van der Waals surface area contributed by atoms with Gasteiger partial charge in [-0.15, -0.1) is 0 Å². The Morgan fingerprint density at radius 1 is 0.860 bits per heavy atom. The van der Waals surface area contributed by atoms with Crippen molar-refractivity contribution in [3.63, 3.8) is 0 Å². The molecule has 4 atom stereocenters. The molecule has 214 valence electrons. The van der Waals surface area contributed by atoms with Crippen molar-refractivity contribution in [1.82, 2.24) is 0 Å². The number of amides is 1. The molecule has 3 heterocycles. The smallest absolute Gasteiger partial charge is 0.238 e. The Morgan fingerprint density at radius 3 is 2.40 bits per heavy atom. The van der Waals surface area contributed by atoms with E-state index in [2.05, 4.69) is 5.32 Å². The molecule has 7 rings (SSSR count). The van der Waals surface area contributed by atoms with Crippen LogP contribution in [0.3, 0.4) is 0 Å². The highest BCUT2D eigenvalue weighted by molar-refractivity contribution is 6.34. The third kappa shape index (κ3) is 3.78. The van der Waals surface area contributed by atoms with Gasteiger partial charge in [-0.25, -0.2) is 0 Å². The van der Waals surface area contributed by atoms with Crippen LogP contribution >= 0.6 is 11.6 Å². The molecule has 1 spiro atoms. The van der Waals surface area contributed by atoms with Gasteiger partial charge >= 0.3 is 0 Å². The highest BCUT2D eigenvalue weighted by atomic mass is 35.5. The molecule has 0 aromatic heterocycles. The second kappa shape index (κ2) is 10.1. The number of benzene rings is 4. The minimum Gasteiger partial charge on any atom is -0.497 e. The van der Waals surface area contributed by atoms with Crippen LogP contribution in [0.15, 0.2) is 97.1 Å². The quantitative estimate of drug-likeness (QED) is 0.269. The lowest BCUT2D eigenvalue weighted by Gasteiger charge is -2.37. The van der Waals surface area contributed by atoms with Crippen molar-refractivity contribution >= 4 is 46.5 Å². The van der Waals surface area contributed by atoms with Gasteiger partial charge in [0.05, 0.1) is 36.8 Å². The minimum atomic E-state index is -1.45. The van der Waals surface area contributed by atoms with E-state index in [0.29, 0.717) is 22.7 Å². The molecule has 1 saturated heterocycles. The van der Waals surface area contributed by atoms with Gasteiger partial charge in [0.25, 0.3) is 0 Å². The van der Waals surface area contributed by atoms with Crippen molar-refractivity contribution in [3.8, 4) is 11.5 Å². The number of ketones is 2. The summed E-state index contributed by atoms with van der Waals surface area (Å²) >= 11 is 6.61. The van der Waals surface area contributed by atoms with E-state index in [1.165, 1.54) is 14.2 Å². The van der Waals surface area contributed by atoms with Crippen molar-refractivity contribution in [3.05, 3.63) is 124 Å². The molecule has 1 N–H and O–H groups in total. The summed E-state index contributed by atoms with van der Waals surface area (Å²) in [5, 5.41) is 3.31. The number of hydrogen-bond acceptors (Lipinski definition) is 6. The molecule has 0 radical (unpaired) electrons. The molecule has 43 heavy (non-hydrogen) atoms. The van der Waals surface area contributed by atoms with E-state index in [-0.39, 0.29) is 27.8 Å². The molecule has 1 amide bonds. The number of hydrogen-bond donors (Lipinski definition) is 1. The Balaban J connectivity index is 1.56. The van der Waals surface area contributed by atoms with Crippen LogP contribution in [0, 0.1) is 5.92 Å². The van der Waals surface area contributed by atoms with Crippen LogP contribution in [0.1, 0.15) is 31.8 Å². The van der Waals surface area contributed by atoms with Gasteiger partial charge in [0.15, 0.2) is 11.6 Å². The van der Waals surface area contributed by atoms with Gasteiger partial charge in [-0.2, -0.15) is 0 Å².